The predicted octanol–water partition coefficient (Wildman–Crippen LogP) is 3.70. The van der Waals surface area contributed by atoms with Crippen LogP contribution in [0.1, 0.15) is 43.4 Å². The molecule has 1 aliphatic carbocycles. The molecular formula is C27H32N4O4. The van der Waals surface area contributed by atoms with E-state index in [1.807, 2.05) is 30.3 Å². The minimum Gasteiger partial charge on any atom is -0.493 e. The third-order valence-corrected chi connectivity index (χ3v) is 6.30. The van der Waals surface area contributed by atoms with E-state index in [1.165, 1.54) is 24.8 Å². The SMILES string of the molecule is COc1cc(-c2nnc(CCC(=O)NCCCc3ccccc3)c(=O)[nH]2)ccc1OCC1CCC1. The Morgan fingerprint density at radius 2 is 1.91 bits per heavy atom. The molecule has 1 fully saturated rings. The average molecular weight is 477 g/mol. The van der Waals surface area contributed by atoms with Gasteiger partial charge < -0.3 is 19.8 Å². The van der Waals surface area contributed by atoms with Gasteiger partial charge >= 0.3 is 0 Å². The maximum atomic E-state index is 12.5. The molecule has 2 aromatic carbocycles. The fraction of sp³-hybridized carbons (Fsp3) is 0.407. The van der Waals surface area contributed by atoms with Crippen LogP contribution in [-0.4, -0.2) is 41.3 Å². The molecule has 1 heterocycles. The summed E-state index contributed by atoms with van der Waals surface area (Å²) in [5.41, 5.74) is 1.80. The van der Waals surface area contributed by atoms with Crippen molar-refractivity contribution in [3.8, 4) is 22.9 Å². The van der Waals surface area contributed by atoms with Gasteiger partial charge in [-0.2, -0.15) is 0 Å². The van der Waals surface area contributed by atoms with Gasteiger partial charge in [0, 0.05) is 24.9 Å². The minimum atomic E-state index is -0.351. The van der Waals surface area contributed by atoms with E-state index in [-0.39, 0.29) is 30.0 Å². The number of benzene rings is 2. The summed E-state index contributed by atoms with van der Waals surface area (Å²) in [6, 6.07) is 15.6. The number of hydrogen-bond donors (Lipinski definition) is 2. The molecule has 2 N–H and O–H groups in total. The first kappa shape index (κ1) is 24.4. The number of aromatic amines is 1. The molecule has 8 nitrogen and oxygen atoms in total. The van der Waals surface area contributed by atoms with Crippen molar-refractivity contribution in [1.82, 2.24) is 20.5 Å². The fourth-order valence-corrected chi connectivity index (χ4v) is 3.94. The Bertz CT molecular complexity index is 1180. The van der Waals surface area contributed by atoms with Crippen molar-refractivity contribution >= 4 is 5.91 Å². The first-order valence-corrected chi connectivity index (χ1v) is 12.2. The van der Waals surface area contributed by atoms with Gasteiger partial charge in [0.15, 0.2) is 17.3 Å². The van der Waals surface area contributed by atoms with Crippen molar-refractivity contribution in [3.05, 3.63) is 70.1 Å². The quantitative estimate of drug-likeness (QED) is 0.386. The van der Waals surface area contributed by atoms with Crippen LogP contribution < -0.4 is 20.3 Å². The molecule has 0 bridgehead atoms. The van der Waals surface area contributed by atoms with Crippen LogP contribution in [0.25, 0.3) is 11.4 Å². The standard InChI is InChI=1S/C27H32N4O4/c1-34-24-17-21(12-14-23(24)35-18-20-9-5-10-20)26-29-27(33)22(30-31-26)13-15-25(32)28-16-6-11-19-7-3-2-4-8-19/h2-4,7-8,12,14,17,20H,5-6,9-11,13,15-16,18H2,1H3,(H,28,32)(H,29,31,33). The van der Waals surface area contributed by atoms with Crippen molar-refractivity contribution in [2.45, 2.75) is 44.9 Å². The fourth-order valence-electron chi connectivity index (χ4n) is 3.94. The number of carbonyl (C=O) groups is 1. The van der Waals surface area contributed by atoms with E-state index in [4.69, 9.17) is 9.47 Å². The Hall–Kier alpha value is -3.68. The molecule has 1 aromatic heterocycles. The monoisotopic (exact) mass is 476 g/mol. The molecule has 3 aromatic rings. The number of H-pyrrole nitrogens is 1. The molecule has 35 heavy (non-hydrogen) atoms. The molecule has 0 spiro atoms. The largest absolute Gasteiger partial charge is 0.493 e. The summed E-state index contributed by atoms with van der Waals surface area (Å²) in [6.45, 7) is 1.28. The van der Waals surface area contributed by atoms with E-state index in [9.17, 15) is 9.59 Å². The summed E-state index contributed by atoms with van der Waals surface area (Å²) in [4.78, 5) is 27.5. The number of methoxy groups -OCH3 is 1. The van der Waals surface area contributed by atoms with E-state index in [0.717, 1.165) is 12.8 Å². The molecular weight excluding hydrogens is 444 g/mol. The number of nitrogens with zero attached hydrogens (tertiary/aromatic N) is 2. The molecule has 4 rings (SSSR count). The highest BCUT2D eigenvalue weighted by molar-refractivity contribution is 5.76. The topological polar surface area (TPSA) is 106 Å². The second kappa shape index (κ2) is 12.1. The lowest BCUT2D eigenvalue weighted by molar-refractivity contribution is -0.121. The van der Waals surface area contributed by atoms with Crippen LogP contribution in [0.5, 0.6) is 11.5 Å². The second-order valence-corrected chi connectivity index (χ2v) is 8.86. The number of aryl methyl sites for hydroxylation is 2. The normalized spacial score (nSPS) is 13.2. The van der Waals surface area contributed by atoms with Crippen LogP contribution in [-0.2, 0) is 17.6 Å². The van der Waals surface area contributed by atoms with E-state index < -0.39 is 0 Å². The highest BCUT2D eigenvalue weighted by atomic mass is 16.5. The van der Waals surface area contributed by atoms with Crippen LogP contribution in [0.4, 0.5) is 0 Å². The summed E-state index contributed by atoms with van der Waals surface area (Å²) in [6.07, 6.45) is 5.86. The number of aromatic nitrogens is 3. The molecule has 1 aliphatic rings. The highest BCUT2D eigenvalue weighted by Gasteiger charge is 2.19. The summed E-state index contributed by atoms with van der Waals surface area (Å²) in [7, 11) is 1.58. The molecule has 1 amide bonds. The van der Waals surface area contributed by atoms with Crippen LogP contribution >= 0.6 is 0 Å². The number of amides is 1. The van der Waals surface area contributed by atoms with Crippen LogP contribution in [0, 0.1) is 5.92 Å². The smallest absolute Gasteiger partial charge is 0.273 e. The van der Waals surface area contributed by atoms with Crippen molar-refractivity contribution in [3.63, 3.8) is 0 Å². The Kier molecular flexibility index (Phi) is 8.48. The maximum absolute atomic E-state index is 12.5. The lowest BCUT2D eigenvalue weighted by atomic mass is 9.86. The molecule has 0 atom stereocenters. The lowest BCUT2D eigenvalue weighted by Gasteiger charge is -2.25. The summed E-state index contributed by atoms with van der Waals surface area (Å²) in [5, 5.41) is 11.1. The first-order valence-electron chi connectivity index (χ1n) is 12.2. The third-order valence-electron chi connectivity index (χ3n) is 6.30. The van der Waals surface area contributed by atoms with Crippen molar-refractivity contribution in [2.24, 2.45) is 5.92 Å². The van der Waals surface area contributed by atoms with Crippen molar-refractivity contribution < 1.29 is 14.3 Å². The molecule has 0 saturated heterocycles. The highest BCUT2D eigenvalue weighted by Crippen LogP contribution is 2.33. The predicted molar refractivity (Wildman–Crippen MR) is 134 cm³/mol. The zero-order valence-electron chi connectivity index (χ0n) is 20.1. The van der Waals surface area contributed by atoms with E-state index in [1.54, 1.807) is 13.2 Å². The van der Waals surface area contributed by atoms with Gasteiger partial charge in [0.1, 0.15) is 5.69 Å². The van der Waals surface area contributed by atoms with Crippen LogP contribution in [0.15, 0.2) is 53.3 Å². The molecule has 8 heteroatoms. The van der Waals surface area contributed by atoms with Gasteiger partial charge in [-0.3, -0.25) is 9.59 Å². The number of carbonyl (C=O) groups excluding carboxylic acids is 1. The second-order valence-electron chi connectivity index (χ2n) is 8.86. The Morgan fingerprint density at radius 1 is 1.09 bits per heavy atom. The lowest BCUT2D eigenvalue weighted by Crippen LogP contribution is -2.26. The first-order chi connectivity index (χ1) is 17.1. The van der Waals surface area contributed by atoms with Gasteiger partial charge in [0.05, 0.1) is 13.7 Å². The van der Waals surface area contributed by atoms with E-state index >= 15 is 0 Å². The molecule has 1 saturated carbocycles. The molecule has 184 valence electrons. The van der Waals surface area contributed by atoms with Crippen LogP contribution in [0.3, 0.4) is 0 Å². The van der Waals surface area contributed by atoms with Gasteiger partial charge in [-0.1, -0.05) is 36.8 Å². The summed E-state index contributed by atoms with van der Waals surface area (Å²) < 4.78 is 11.4. The molecule has 0 aliphatic heterocycles. The van der Waals surface area contributed by atoms with Crippen molar-refractivity contribution in [1.29, 1.82) is 0 Å². The minimum absolute atomic E-state index is 0.106. The van der Waals surface area contributed by atoms with Gasteiger partial charge in [0.25, 0.3) is 5.56 Å². The molecule has 0 unspecified atom stereocenters. The van der Waals surface area contributed by atoms with Crippen LogP contribution in [0.2, 0.25) is 0 Å². The number of ether oxygens (including phenoxy) is 2. The summed E-state index contributed by atoms with van der Waals surface area (Å²) in [5.74, 6) is 2.10. The third kappa shape index (κ3) is 6.91. The van der Waals surface area contributed by atoms with Gasteiger partial charge in [-0.25, -0.2) is 0 Å². The Morgan fingerprint density at radius 3 is 2.63 bits per heavy atom. The number of nitrogens with one attached hydrogen (secondary N) is 2. The van der Waals surface area contributed by atoms with Gasteiger partial charge in [0.2, 0.25) is 5.91 Å². The zero-order chi connectivity index (χ0) is 24.5. The van der Waals surface area contributed by atoms with Crippen molar-refractivity contribution in [2.75, 3.05) is 20.3 Å². The zero-order valence-corrected chi connectivity index (χ0v) is 20.1. The Labute approximate surface area is 205 Å². The average Bonchev–Trinajstić information content (AvgIpc) is 2.85. The summed E-state index contributed by atoms with van der Waals surface area (Å²) >= 11 is 0. The number of hydrogen-bond acceptors (Lipinski definition) is 6. The maximum Gasteiger partial charge on any atom is 0.273 e. The van der Waals surface area contributed by atoms with Gasteiger partial charge in [-0.05, 0) is 55.4 Å². The van der Waals surface area contributed by atoms with E-state index in [2.05, 4.69) is 32.6 Å². The van der Waals surface area contributed by atoms with E-state index in [0.29, 0.717) is 42.0 Å². The van der Waals surface area contributed by atoms with Gasteiger partial charge in [-0.15, -0.1) is 10.2 Å². The molecule has 0 radical (unpaired) electrons. The Balaban J connectivity index is 1.27. The number of rotatable bonds is 12.